The van der Waals surface area contributed by atoms with Crippen LogP contribution in [0.5, 0.6) is 0 Å². The number of rotatable bonds is 8. The highest BCUT2D eigenvalue weighted by atomic mass is 79.9. The van der Waals surface area contributed by atoms with Gasteiger partial charge in [0.05, 0.1) is 11.3 Å². The number of hydrogen-bond donors (Lipinski definition) is 1. The number of halogens is 2. The third-order valence-corrected chi connectivity index (χ3v) is 4.47. The predicted octanol–water partition coefficient (Wildman–Crippen LogP) is 6.48. The lowest BCUT2D eigenvalue weighted by molar-refractivity contribution is 0.0697. The molecule has 7 heteroatoms. The number of benzene rings is 2. The summed E-state index contributed by atoms with van der Waals surface area (Å²) < 4.78 is 0. The lowest BCUT2D eigenvalue weighted by Crippen LogP contribution is -2.33. The number of carbonyl (C=O) groups is 1. The van der Waals surface area contributed by atoms with Gasteiger partial charge in [-0.1, -0.05) is 57.8 Å². The fourth-order valence-electron chi connectivity index (χ4n) is 2.69. The molecular weight excluding hydrogens is 474 g/mol. The van der Waals surface area contributed by atoms with Crippen molar-refractivity contribution in [3.8, 4) is 0 Å². The van der Waals surface area contributed by atoms with Crippen LogP contribution in [0.25, 0.3) is 0 Å². The van der Waals surface area contributed by atoms with Crippen LogP contribution < -0.4 is 4.90 Å². The zero-order valence-corrected chi connectivity index (χ0v) is 18.7. The van der Waals surface area contributed by atoms with E-state index in [0.717, 1.165) is 30.0 Å². The van der Waals surface area contributed by atoms with Crippen molar-refractivity contribution < 1.29 is 9.90 Å². The third kappa shape index (κ3) is 6.43. The Morgan fingerprint density at radius 1 is 1.04 bits per heavy atom. The Morgan fingerprint density at radius 2 is 1.63 bits per heavy atom. The predicted molar refractivity (Wildman–Crippen MR) is 118 cm³/mol. The second-order valence-electron chi connectivity index (χ2n) is 6.46. The molecular formula is C20H23Br2N3O2. The van der Waals surface area contributed by atoms with Crippen LogP contribution in [0.4, 0.5) is 17.1 Å². The molecule has 2 rings (SSSR count). The maximum atomic E-state index is 11.3. The molecule has 2 aromatic carbocycles. The van der Waals surface area contributed by atoms with Gasteiger partial charge >= 0.3 is 5.97 Å². The van der Waals surface area contributed by atoms with Crippen LogP contribution in [0, 0.1) is 6.92 Å². The number of nitrogens with zero attached hydrogens (tertiary/aromatic N) is 3. The molecule has 0 saturated heterocycles. The van der Waals surface area contributed by atoms with E-state index in [-0.39, 0.29) is 5.56 Å². The quantitative estimate of drug-likeness (QED) is 0.336. The van der Waals surface area contributed by atoms with Crippen LogP contribution >= 0.6 is 31.9 Å². The topological polar surface area (TPSA) is 65.3 Å². The van der Waals surface area contributed by atoms with E-state index in [2.05, 4.69) is 66.9 Å². The highest BCUT2D eigenvalue weighted by Crippen LogP contribution is 2.28. The van der Waals surface area contributed by atoms with E-state index in [1.807, 2.05) is 19.1 Å². The van der Waals surface area contributed by atoms with Gasteiger partial charge in [0.25, 0.3) is 0 Å². The molecule has 2 aromatic rings. The standard InChI is InChI=1S/C20H23Br2N3O2/c1-13-10-16(25(11-14(2)21)12-15(3)22)8-9-18(13)23-24-19-7-5-4-6-17(19)20(26)27/h4-10,14-15H,11-12H2,1-3H3,(H,26,27)/t14-,15+. The molecule has 0 aliphatic heterocycles. The molecule has 0 aliphatic rings. The van der Waals surface area contributed by atoms with Crippen molar-refractivity contribution in [3.05, 3.63) is 53.6 Å². The minimum Gasteiger partial charge on any atom is -0.478 e. The zero-order chi connectivity index (χ0) is 20.0. The first kappa shape index (κ1) is 21.6. The van der Waals surface area contributed by atoms with Crippen molar-refractivity contribution in [1.29, 1.82) is 0 Å². The van der Waals surface area contributed by atoms with Gasteiger partial charge in [-0.3, -0.25) is 0 Å². The summed E-state index contributed by atoms with van der Waals surface area (Å²) in [5.41, 5.74) is 3.31. The summed E-state index contributed by atoms with van der Waals surface area (Å²) in [5.74, 6) is -1.01. The van der Waals surface area contributed by atoms with E-state index in [1.165, 1.54) is 6.07 Å². The van der Waals surface area contributed by atoms with Gasteiger partial charge in [-0.05, 0) is 42.8 Å². The Morgan fingerprint density at radius 3 is 2.19 bits per heavy atom. The second-order valence-corrected chi connectivity index (χ2v) is 9.59. The number of anilines is 1. The van der Waals surface area contributed by atoms with Gasteiger partial charge in [0.15, 0.2) is 0 Å². The first-order valence-electron chi connectivity index (χ1n) is 8.65. The SMILES string of the molecule is Cc1cc(N(C[C@H](C)Br)C[C@@H](C)Br)ccc1N=Nc1ccccc1C(=O)O. The molecule has 0 aliphatic carbocycles. The molecule has 0 fully saturated rings. The molecule has 0 radical (unpaired) electrons. The minimum atomic E-state index is -1.01. The van der Waals surface area contributed by atoms with Gasteiger partial charge in [-0.25, -0.2) is 4.79 Å². The van der Waals surface area contributed by atoms with Gasteiger partial charge in [0.2, 0.25) is 0 Å². The second kappa shape index (κ2) is 9.99. The Hall–Kier alpha value is -1.73. The van der Waals surface area contributed by atoms with Crippen molar-refractivity contribution in [2.75, 3.05) is 18.0 Å². The van der Waals surface area contributed by atoms with E-state index in [9.17, 15) is 9.90 Å². The lowest BCUT2D eigenvalue weighted by atomic mass is 10.1. The van der Waals surface area contributed by atoms with E-state index < -0.39 is 5.97 Å². The molecule has 5 nitrogen and oxygen atoms in total. The van der Waals surface area contributed by atoms with Gasteiger partial charge in [-0.15, -0.1) is 5.11 Å². The molecule has 0 aromatic heterocycles. The number of carboxylic acid groups (broad SMARTS) is 1. The van der Waals surface area contributed by atoms with E-state index >= 15 is 0 Å². The number of aromatic carboxylic acids is 1. The van der Waals surface area contributed by atoms with Gasteiger partial charge in [0.1, 0.15) is 5.69 Å². The fraction of sp³-hybridized carbons (Fsp3) is 0.350. The summed E-state index contributed by atoms with van der Waals surface area (Å²) in [7, 11) is 0. The molecule has 27 heavy (non-hydrogen) atoms. The molecule has 0 bridgehead atoms. The van der Waals surface area contributed by atoms with Crippen molar-refractivity contribution in [2.45, 2.75) is 30.4 Å². The van der Waals surface area contributed by atoms with Crippen molar-refractivity contribution in [3.63, 3.8) is 0 Å². The summed E-state index contributed by atoms with van der Waals surface area (Å²) in [6.07, 6.45) is 0. The molecule has 144 valence electrons. The smallest absolute Gasteiger partial charge is 0.337 e. The van der Waals surface area contributed by atoms with Crippen molar-refractivity contribution in [1.82, 2.24) is 0 Å². The molecule has 2 atom stereocenters. The van der Waals surface area contributed by atoms with Crippen molar-refractivity contribution in [2.24, 2.45) is 10.2 Å². The zero-order valence-electron chi connectivity index (χ0n) is 15.6. The van der Waals surface area contributed by atoms with E-state index in [4.69, 9.17) is 0 Å². The Balaban J connectivity index is 2.27. The summed E-state index contributed by atoms with van der Waals surface area (Å²) in [6.45, 7) is 8.02. The monoisotopic (exact) mass is 495 g/mol. The summed E-state index contributed by atoms with van der Waals surface area (Å²) in [5, 5.41) is 17.7. The average Bonchev–Trinajstić information content (AvgIpc) is 2.59. The fourth-order valence-corrected chi connectivity index (χ4v) is 3.39. The number of alkyl halides is 2. The summed E-state index contributed by atoms with van der Waals surface area (Å²) >= 11 is 7.25. The van der Waals surface area contributed by atoms with E-state index in [1.54, 1.807) is 18.2 Å². The van der Waals surface area contributed by atoms with Gasteiger partial charge in [0, 0.05) is 28.4 Å². The first-order chi connectivity index (χ1) is 12.8. The molecule has 0 saturated carbocycles. The van der Waals surface area contributed by atoms with Gasteiger partial charge < -0.3 is 10.0 Å². The Labute approximate surface area is 176 Å². The molecule has 1 N–H and O–H groups in total. The largest absolute Gasteiger partial charge is 0.478 e. The van der Waals surface area contributed by atoms with Crippen LogP contribution in [0.1, 0.15) is 29.8 Å². The number of hydrogen-bond acceptors (Lipinski definition) is 4. The highest BCUT2D eigenvalue weighted by Gasteiger charge is 2.13. The normalized spacial score (nSPS) is 13.5. The van der Waals surface area contributed by atoms with E-state index in [0.29, 0.717) is 15.3 Å². The molecule has 0 unspecified atom stereocenters. The van der Waals surface area contributed by atoms with Crippen LogP contribution in [-0.2, 0) is 0 Å². The van der Waals surface area contributed by atoms with Crippen LogP contribution in [0.3, 0.4) is 0 Å². The Kier molecular flexibility index (Phi) is 7.98. The highest BCUT2D eigenvalue weighted by molar-refractivity contribution is 9.09. The first-order valence-corrected chi connectivity index (χ1v) is 10.5. The number of aryl methyl sites for hydroxylation is 1. The molecule has 0 heterocycles. The number of carboxylic acids is 1. The van der Waals surface area contributed by atoms with Crippen LogP contribution in [0.15, 0.2) is 52.7 Å². The molecule has 0 spiro atoms. The van der Waals surface area contributed by atoms with Gasteiger partial charge in [-0.2, -0.15) is 5.11 Å². The maximum absolute atomic E-state index is 11.3. The lowest BCUT2D eigenvalue weighted by Gasteiger charge is -2.28. The maximum Gasteiger partial charge on any atom is 0.337 e. The number of azo groups is 1. The summed E-state index contributed by atoms with van der Waals surface area (Å²) in [4.78, 5) is 14.3. The van der Waals surface area contributed by atoms with Crippen LogP contribution in [-0.4, -0.2) is 33.8 Å². The summed E-state index contributed by atoms with van der Waals surface area (Å²) in [6, 6.07) is 12.6. The van der Waals surface area contributed by atoms with Crippen molar-refractivity contribution >= 4 is 54.9 Å². The average molecular weight is 497 g/mol. The Bertz CT molecular complexity index is 813. The van der Waals surface area contributed by atoms with Crippen LogP contribution in [0.2, 0.25) is 0 Å². The molecule has 0 amide bonds. The minimum absolute atomic E-state index is 0.138. The third-order valence-electron chi connectivity index (χ3n) is 3.89.